The first-order valence-corrected chi connectivity index (χ1v) is 6.73. The van der Waals surface area contributed by atoms with Crippen molar-refractivity contribution in [3.05, 3.63) is 59.4 Å². The lowest BCUT2D eigenvalue weighted by Crippen LogP contribution is -2.50. The summed E-state index contributed by atoms with van der Waals surface area (Å²) in [4.78, 5) is 15.3. The molecule has 1 aliphatic heterocycles. The zero-order chi connectivity index (χ0) is 18.2. The minimum atomic E-state index is -5.33. The Morgan fingerprint density at radius 1 is 1.20 bits per heavy atom. The number of benzene rings is 1. The van der Waals surface area contributed by atoms with E-state index in [0.29, 0.717) is 6.07 Å². The number of fused-ring (bicyclic) bond motifs is 1. The molecule has 128 valence electrons. The second-order valence-corrected chi connectivity index (χ2v) is 4.97. The lowest BCUT2D eigenvalue weighted by atomic mass is 9.89. The van der Waals surface area contributed by atoms with E-state index in [9.17, 15) is 26.7 Å². The molecule has 25 heavy (non-hydrogen) atoms. The first kappa shape index (κ1) is 16.7. The highest BCUT2D eigenvalue weighted by Crippen LogP contribution is 2.48. The van der Waals surface area contributed by atoms with Gasteiger partial charge in [0.25, 0.3) is 5.60 Å². The topological polar surface area (TPSA) is 51.2 Å². The quantitative estimate of drug-likeness (QED) is 0.579. The van der Waals surface area contributed by atoms with E-state index >= 15 is 0 Å². The van der Waals surface area contributed by atoms with Gasteiger partial charge in [0.15, 0.2) is 11.6 Å². The molecule has 1 aliphatic rings. The predicted molar refractivity (Wildman–Crippen MR) is 75.3 cm³/mol. The number of rotatable bonds is 0. The molecule has 0 spiro atoms. The average Bonchev–Trinajstić information content (AvgIpc) is 2.56. The van der Waals surface area contributed by atoms with Gasteiger partial charge in [0.1, 0.15) is 0 Å². The van der Waals surface area contributed by atoms with E-state index in [1.807, 2.05) is 5.32 Å². The van der Waals surface area contributed by atoms with Gasteiger partial charge in [-0.1, -0.05) is 5.92 Å². The Morgan fingerprint density at radius 3 is 2.60 bits per heavy atom. The van der Waals surface area contributed by atoms with Crippen LogP contribution in [-0.4, -0.2) is 17.3 Å². The number of aromatic nitrogens is 1. The number of cyclic esters (lactones) is 1. The maximum atomic E-state index is 14.2. The summed E-state index contributed by atoms with van der Waals surface area (Å²) >= 11 is 0. The monoisotopic (exact) mass is 354 g/mol. The Balaban J connectivity index is 2.30. The molecule has 0 unspecified atom stereocenters. The second kappa shape index (κ2) is 5.73. The number of carbonyl (C=O) groups is 1. The molecule has 1 amide bonds. The molecule has 4 nitrogen and oxygen atoms in total. The molecular weight excluding hydrogens is 347 g/mol. The Kier molecular flexibility index (Phi) is 3.83. The van der Waals surface area contributed by atoms with Crippen molar-refractivity contribution in [3.63, 3.8) is 0 Å². The Morgan fingerprint density at radius 2 is 1.96 bits per heavy atom. The number of pyridine rings is 1. The number of nitrogens with zero attached hydrogens (tertiary/aromatic N) is 1. The third-order valence-electron chi connectivity index (χ3n) is 3.37. The van der Waals surface area contributed by atoms with E-state index in [1.165, 1.54) is 24.5 Å². The molecule has 1 aromatic carbocycles. The van der Waals surface area contributed by atoms with Crippen LogP contribution in [0.25, 0.3) is 0 Å². The van der Waals surface area contributed by atoms with Crippen molar-refractivity contribution >= 4 is 11.8 Å². The number of amides is 1. The minimum absolute atomic E-state index is 0.0686. The normalized spacial score (nSPS) is 19.2. The zero-order valence-electron chi connectivity index (χ0n) is 12.1. The first-order chi connectivity index (χ1) is 11.7. The maximum absolute atomic E-state index is 14.2. The molecule has 0 radical (unpaired) electrons. The summed E-state index contributed by atoms with van der Waals surface area (Å²) in [6.45, 7) is 0. The highest BCUT2D eigenvalue weighted by molar-refractivity contribution is 5.89. The van der Waals surface area contributed by atoms with Gasteiger partial charge >= 0.3 is 12.3 Å². The van der Waals surface area contributed by atoms with Gasteiger partial charge < -0.3 is 4.74 Å². The van der Waals surface area contributed by atoms with Crippen LogP contribution >= 0.6 is 0 Å². The molecule has 2 heterocycles. The number of hydrogen-bond acceptors (Lipinski definition) is 3. The molecule has 0 saturated carbocycles. The highest BCUT2D eigenvalue weighted by Gasteiger charge is 2.63. The van der Waals surface area contributed by atoms with E-state index in [4.69, 9.17) is 0 Å². The first-order valence-electron chi connectivity index (χ1n) is 6.73. The number of carbonyl (C=O) groups excluding carboxylic acids is 1. The SMILES string of the molecule is O=C1Nc2ccc(F)c(F)c2[C@@](C#Cc2cccnc2)(C(F)(F)F)O1. The van der Waals surface area contributed by atoms with Crippen LogP contribution in [0.4, 0.5) is 32.4 Å². The number of alkyl halides is 3. The van der Waals surface area contributed by atoms with Gasteiger partial charge in [-0.25, -0.2) is 13.6 Å². The second-order valence-electron chi connectivity index (χ2n) is 4.97. The van der Waals surface area contributed by atoms with Crippen LogP contribution in [-0.2, 0) is 10.3 Å². The van der Waals surface area contributed by atoms with Crippen LogP contribution in [0.15, 0.2) is 36.7 Å². The van der Waals surface area contributed by atoms with E-state index in [-0.39, 0.29) is 5.56 Å². The van der Waals surface area contributed by atoms with Crippen molar-refractivity contribution < 1.29 is 31.5 Å². The number of halogens is 5. The van der Waals surface area contributed by atoms with Gasteiger partial charge in [-0.05, 0) is 30.2 Å². The van der Waals surface area contributed by atoms with Gasteiger partial charge in [-0.2, -0.15) is 13.2 Å². The van der Waals surface area contributed by atoms with Crippen molar-refractivity contribution in [2.45, 2.75) is 11.8 Å². The summed E-state index contributed by atoms with van der Waals surface area (Å²) in [7, 11) is 0. The van der Waals surface area contributed by atoms with E-state index in [1.54, 1.807) is 5.92 Å². The lowest BCUT2D eigenvalue weighted by Gasteiger charge is -2.35. The Hall–Kier alpha value is -3.15. The molecule has 9 heteroatoms. The van der Waals surface area contributed by atoms with Crippen LogP contribution in [0.1, 0.15) is 11.1 Å². The third kappa shape index (κ3) is 2.76. The number of ether oxygens (including phenoxy) is 1. The maximum Gasteiger partial charge on any atom is 0.445 e. The molecule has 0 bridgehead atoms. The summed E-state index contributed by atoms with van der Waals surface area (Å²) in [5, 5.41) is 1.91. The predicted octanol–water partition coefficient (Wildman–Crippen LogP) is 3.73. The fourth-order valence-electron chi connectivity index (χ4n) is 2.28. The zero-order valence-corrected chi connectivity index (χ0v) is 12.1. The minimum Gasteiger partial charge on any atom is -0.415 e. The smallest absolute Gasteiger partial charge is 0.415 e. The van der Waals surface area contributed by atoms with Gasteiger partial charge in [-0.3, -0.25) is 10.3 Å². The van der Waals surface area contributed by atoms with Gasteiger partial charge in [0.05, 0.1) is 11.3 Å². The summed E-state index contributed by atoms with van der Waals surface area (Å²) < 4.78 is 73.3. The standard InChI is InChI=1S/C16H7F5N2O2/c17-10-3-4-11-12(13(10)18)15(16(19,20)21,25-14(24)23-11)6-5-9-2-1-7-22-8-9/h1-4,7-8H,(H,23,24)/t15-/m0/s1. The van der Waals surface area contributed by atoms with Gasteiger partial charge in [0.2, 0.25) is 0 Å². The molecule has 0 saturated heterocycles. The van der Waals surface area contributed by atoms with Crippen molar-refractivity contribution in [2.75, 3.05) is 5.32 Å². The van der Waals surface area contributed by atoms with E-state index in [2.05, 4.69) is 15.6 Å². The molecule has 1 aromatic heterocycles. The van der Waals surface area contributed by atoms with E-state index < -0.39 is 40.8 Å². The van der Waals surface area contributed by atoms with Gasteiger partial charge in [-0.15, -0.1) is 0 Å². The fourth-order valence-corrected chi connectivity index (χ4v) is 2.28. The van der Waals surface area contributed by atoms with Crippen LogP contribution in [0.5, 0.6) is 0 Å². The summed E-state index contributed by atoms with van der Waals surface area (Å²) in [5.41, 5.74) is -5.41. The molecule has 0 aliphatic carbocycles. The van der Waals surface area contributed by atoms with E-state index in [0.717, 1.165) is 6.07 Å². The third-order valence-corrected chi connectivity index (χ3v) is 3.37. The molecule has 1 N–H and O–H groups in total. The largest absolute Gasteiger partial charge is 0.445 e. The Bertz CT molecular complexity index is 902. The molecule has 0 fully saturated rings. The van der Waals surface area contributed by atoms with Crippen molar-refractivity contribution in [1.82, 2.24) is 4.98 Å². The number of anilines is 1. The number of hydrogen-bond donors (Lipinski definition) is 1. The summed E-state index contributed by atoms with van der Waals surface area (Å²) in [6.07, 6.45) is -4.28. The van der Waals surface area contributed by atoms with Crippen LogP contribution in [0, 0.1) is 23.5 Å². The number of nitrogens with one attached hydrogen (secondary N) is 1. The summed E-state index contributed by atoms with van der Waals surface area (Å²) in [5.74, 6) is 0.543. The molecule has 1 atom stereocenters. The Labute approximate surface area is 137 Å². The van der Waals surface area contributed by atoms with Crippen LogP contribution in [0.3, 0.4) is 0 Å². The average molecular weight is 354 g/mol. The van der Waals surface area contributed by atoms with Crippen molar-refractivity contribution in [3.8, 4) is 11.8 Å². The van der Waals surface area contributed by atoms with Crippen LogP contribution < -0.4 is 5.32 Å². The highest BCUT2D eigenvalue weighted by atomic mass is 19.4. The summed E-state index contributed by atoms with van der Waals surface area (Å²) in [6, 6.07) is 4.18. The molecule has 3 rings (SSSR count). The fraction of sp³-hybridized carbons (Fsp3) is 0.125. The van der Waals surface area contributed by atoms with Crippen molar-refractivity contribution in [2.24, 2.45) is 0 Å². The lowest BCUT2D eigenvalue weighted by molar-refractivity contribution is -0.240. The van der Waals surface area contributed by atoms with Crippen LogP contribution in [0.2, 0.25) is 0 Å². The molecule has 2 aromatic rings. The molecular formula is C16H7F5N2O2. The van der Waals surface area contributed by atoms with Gasteiger partial charge in [0, 0.05) is 18.0 Å². The van der Waals surface area contributed by atoms with Crippen molar-refractivity contribution in [1.29, 1.82) is 0 Å².